The van der Waals surface area contributed by atoms with Crippen LogP contribution in [0, 0.1) is 0 Å². The molecule has 0 amide bonds. The number of nitrogens with zero attached hydrogens (tertiary/aromatic N) is 3. The minimum atomic E-state index is -0.836. The Kier molecular flexibility index (Phi) is 4.79. The zero-order chi connectivity index (χ0) is 14.5. The Morgan fingerprint density at radius 3 is 2.85 bits per heavy atom. The van der Waals surface area contributed by atoms with E-state index in [1.54, 1.807) is 6.20 Å². The van der Waals surface area contributed by atoms with Gasteiger partial charge in [-0.1, -0.05) is 31.7 Å². The first kappa shape index (κ1) is 14.6. The molecule has 2 heterocycles. The van der Waals surface area contributed by atoms with E-state index in [1.807, 2.05) is 24.5 Å². The first-order valence-corrected chi connectivity index (χ1v) is 7.35. The molecule has 2 aromatic heterocycles. The zero-order valence-electron chi connectivity index (χ0n) is 11.5. The van der Waals surface area contributed by atoms with Crippen LogP contribution in [0.3, 0.4) is 0 Å². The van der Waals surface area contributed by atoms with E-state index in [0.717, 1.165) is 16.4 Å². The van der Waals surface area contributed by atoms with Gasteiger partial charge in [0.1, 0.15) is 0 Å². The predicted molar refractivity (Wildman–Crippen MR) is 78.0 cm³/mol. The van der Waals surface area contributed by atoms with Gasteiger partial charge in [0.05, 0.1) is 12.3 Å². The number of hydrogen-bond acceptors (Lipinski definition) is 4. The number of carboxylic acid groups (broad SMARTS) is 1. The summed E-state index contributed by atoms with van der Waals surface area (Å²) in [6.07, 6.45) is 5.38. The van der Waals surface area contributed by atoms with E-state index in [-0.39, 0.29) is 5.75 Å². The van der Waals surface area contributed by atoms with Crippen LogP contribution in [0.15, 0.2) is 35.9 Å². The Labute approximate surface area is 122 Å². The molecule has 0 saturated heterocycles. The van der Waals surface area contributed by atoms with E-state index in [1.165, 1.54) is 11.8 Å². The minimum absolute atomic E-state index is 0.0155. The van der Waals surface area contributed by atoms with Crippen molar-refractivity contribution in [1.82, 2.24) is 14.5 Å². The second-order valence-electron chi connectivity index (χ2n) is 4.75. The lowest BCUT2D eigenvalue weighted by Crippen LogP contribution is -2.08. The Balaban J connectivity index is 2.27. The summed E-state index contributed by atoms with van der Waals surface area (Å²) in [5.74, 6) is -0.489. The van der Waals surface area contributed by atoms with Crippen molar-refractivity contribution in [2.45, 2.75) is 31.5 Å². The number of rotatable bonds is 6. The topological polar surface area (TPSA) is 68.0 Å². The van der Waals surface area contributed by atoms with Crippen molar-refractivity contribution in [3.8, 4) is 0 Å². The molecule has 0 aromatic carbocycles. The molecule has 0 atom stereocenters. The zero-order valence-corrected chi connectivity index (χ0v) is 12.3. The fourth-order valence-electron chi connectivity index (χ4n) is 1.91. The number of aromatic nitrogens is 3. The SMILES string of the molecule is CC(C)c1cnc(SCC(=O)O)n1Cc1cccnc1. The lowest BCUT2D eigenvalue weighted by atomic mass is 10.1. The van der Waals surface area contributed by atoms with Crippen molar-refractivity contribution in [3.05, 3.63) is 42.0 Å². The number of pyridine rings is 1. The fraction of sp³-hybridized carbons (Fsp3) is 0.357. The summed E-state index contributed by atoms with van der Waals surface area (Å²) in [5, 5.41) is 9.54. The van der Waals surface area contributed by atoms with Crippen molar-refractivity contribution < 1.29 is 9.90 Å². The second kappa shape index (κ2) is 6.56. The lowest BCUT2D eigenvalue weighted by molar-refractivity contribution is -0.133. The molecule has 0 bridgehead atoms. The molecule has 6 heteroatoms. The van der Waals surface area contributed by atoms with Gasteiger partial charge in [-0.15, -0.1) is 0 Å². The Bertz CT molecular complexity index is 581. The molecule has 0 aliphatic carbocycles. The molecule has 2 aromatic rings. The van der Waals surface area contributed by atoms with Crippen LogP contribution >= 0.6 is 11.8 Å². The van der Waals surface area contributed by atoms with Crippen LogP contribution in [0.4, 0.5) is 0 Å². The second-order valence-corrected chi connectivity index (χ2v) is 5.69. The summed E-state index contributed by atoms with van der Waals surface area (Å²) < 4.78 is 2.06. The fourth-order valence-corrected chi connectivity index (χ4v) is 2.61. The van der Waals surface area contributed by atoms with Gasteiger partial charge in [0.25, 0.3) is 0 Å². The molecule has 0 unspecified atom stereocenters. The molecule has 0 aliphatic rings. The van der Waals surface area contributed by atoms with Gasteiger partial charge < -0.3 is 9.67 Å². The molecule has 0 aliphatic heterocycles. The lowest BCUT2D eigenvalue weighted by Gasteiger charge is -2.13. The highest BCUT2D eigenvalue weighted by Gasteiger charge is 2.14. The molecule has 0 radical (unpaired) electrons. The van der Waals surface area contributed by atoms with Gasteiger partial charge in [0, 0.05) is 24.3 Å². The number of aliphatic carboxylic acids is 1. The van der Waals surface area contributed by atoms with Gasteiger partial charge >= 0.3 is 5.97 Å². The molecule has 5 nitrogen and oxygen atoms in total. The molecular formula is C14H17N3O2S. The molecule has 0 spiro atoms. The van der Waals surface area contributed by atoms with E-state index in [4.69, 9.17) is 5.11 Å². The van der Waals surface area contributed by atoms with Crippen molar-refractivity contribution in [1.29, 1.82) is 0 Å². The van der Waals surface area contributed by atoms with Crippen molar-refractivity contribution >= 4 is 17.7 Å². The highest BCUT2D eigenvalue weighted by Crippen LogP contribution is 2.24. The van der Waals surface area contributed by atoms with Crippen molar-refractivity contribution in [2.24, 2.45) is 0 Å². The third kappa shape index (κ3) is 3.60. The van der Waals surface area contributed by atoms with Gasteiger partial charge in [-0.3, -0.25) is 9.78 Å². The first-order chi connectivity index (χ1) is 9.58. The summed E-state index contributed by atoms with van der Waals surface area (Å²) in [5.41, 5.74) is 2.17. The predicted octanol–water partition coefficient (Wildman–Crippen LogP) is 2.63. The van der Waals surface area contributed by atoms with Crippen molar-refractivity contribution in [2.75, 3.05) is 5.75 Å². The number of imidazole rings is 1. The number of carboxylic acids is 1. The molecule has 0 fully saturated rings. The first-order valence-electron chi connectivity index (χ1n) is 6.37. The molecule has 20 heavy (non-hydrogen) atoms. The molecule has 0 saturated carbocycles. The highest BCUT2D eigenvalue weighted by molar-refractivity contribution is 7.99. The van der Waals surface area contributed by atoms with E-state index < -0.39 is 5.97 Å². The summed E-state index contributed by atoms with van der Waals surface area (Å²) in [4.78, 5) is 19.2. The van der Waals surface area contributed by atoms with Gasteiger partial charge in [-0.05, 0) is 17.5 Å². The Hall–Kier alpha value is -1.82. The number of carbonyl (C=O) groups is 1. The van der Waals surface area contributed by atoms with Gasteiger partial charge in [-0.25, -0.2) is 4.98 Å². The monoisotopic (exact) mass is 291 g/mol. The summed E-state index contributed by atoms with van der Waals surface area (Å²) in [6.45, 7) is 4.86. The summed E-state index contributed by atoms with van der Waals surface area (Å²) in [6, 6.07) is 3.90. The minimum Gasteiger partial charge on any atom is -0.481 e. The van der Waals surface area contributed by atoms with Gasteiger partial charge in [0.15, 0.2) is 5.16 Å². The van der Waals surface area contributed by atoms with E-state index in [0.29, 0.717) is 12.5 Å². The average molecular weight is 291 g/mol. The van der Waals surface area contributed by atoms with Crippen LogP contribution in [0.1, 0.15) is 31.0 Å². The van der Waals surface area contributed by atoms with Crippen LogP contribution in [0.25, 0.3) is 0 Å². The summed E-state index contributed by atoms with van der Waals surface area (Å²) >= 11 is 1.24. The van der Waals surface area contributed by atoms with Gasteiger partial charge in [-0.2, -0.15) is 0 Å². The number of hydrogen-bond donors (Lipinski definition) is 1. The van der Waals surface area contributed by atoms with Gasteiger partial charge in [0.2, 0.25) is 0 Å². The molecule has 106 valence electrons. The summed E-state index contributed by atoms with van der Waals surface area (Å²) in [7, 11) is 0. The van der Waals surface area contributed by atoms with Crippen LogP contribution in [0.2, 0.25) is 0 Å². The normalized spacial score (nSPS) is 10.9. The number of thioether (sulfide) groups is 1. The Morgan fingerprint density at radius 2 is 2.25 bits per heavy atom. The van der Waals surface area contributed by atoms with Crippen molar-refractivity contribution in [3.63, 3.8) is 0 Å². The maximum atomic E-state index is 10.7. The van der Waals surface area contributed by atoms with Crippen LogP contribution in [-0.4, -0.2) is 31.4 Å². The third-order valence-corrected chi connectivity index (χ3v) is 3.80. The van der Waals surface area contributed by atoms with Crippen LogP contribution < -0.4 is 0 Å². The molecule has 2 rings (SSSR count). The largest absolute Gasteiger partial charge is 0.481 e. The van der Waals surface area contributed by atoms with E-state index in [9.17, 15) is 4.79 Å². The molecular weight excluding hydrogens is 274 g/mol. The van der Waals surface area contributed by atoms with Crippen LogP contribution in [0.5, 0.6) is 0 Å². The molecule has 1 N–H and O–H groups in total. The van der Waals surface area contributed by atoms with E-state index in [2.05, 4.69) is 28.4 Å². The highest BCUT2D eigenvalue weighted by atomic mass is 32.2. The van der Waals surface area contributed by atoms with E-state index >= 15 is 0 Å². The quantitative estimate of drug-likeness (QED) is 0.829. The maximum absolute atomic E-state index is 10.7. The maximum Gasteiger partial charge on any atom is 0.313 e. The average Bonchev–Trinajstić information content (AvgIpc) is 2.80. The van der Waals surface area contributed by atoms with Crippen LogP contribution in [-0.2, 0) is 11.3 Å². The standard InChI is InChI=1S/C14H17N3O2S/c1-10(2)12-7-16-14(20-9-13(18)19)17(12)8-11-4-3-5-15-6-11/h3-7,10H,8-9H2,1-2H3,(H,18,19). The Morgan fingerprint density at radius 1 is 1.45 bits per heavy atom. The smallest absolute Gasteiger partial charge is 0.313 e. The third-order valence-electron chi connectivity index (χ3n) is 2.83.